The summed E-state index contributed by atoms with van der Waals surface area (Å²) in [7, 11) is 1.42. The molecule has 0 fully saturated rings. The molecule has 0 heterocycles. The molecule has 0 spiro atoms. The average Bonchev–Trinajstić information content (AvgIpc) is 2.41. The molecular formula is C19H30ClNO2. The van der Waals surface area contributed by atoms with Gasteiger partial charge in [0.05, 0.1) is 12.7 Å². The zero-order valence-corrected chi connectivity index (χ0v) is 15.9. The standard InChI is InChI=1S/C19H29NO2.ClH/c1-18(2,3)14-19(4,5)20-13-16(17(21)22-6)12-15-10-8-7-9-11-15;/h7-12,20H,13-14H2,1-6H3;1H/b16-12+;. The molecule has 0 aliphatic carbocycles. The molecule has 1 aromatic rings. The van der Waals surface area contributed by atoms with Gasteiger partial charge in [0.1, 0.15) is 0 Å². The predicted molar refractivity (Wildman–Crippen MR) is 99.8 cm³/mol. The van der Waals surface area contributed by atoms with Crippen LogP contribution in [0.5, 0.6) is 0 Å². The van der Waals surface area contributed by atoms with Crippen molar-refractivity contribution >= 4 is 24.5 Å². The summed E-state index contributed by atoms with van der Waals surface area (Å²) in [6.07, 6.45) is 2.89. The van der Waals surface area contributed by atoms with Gasteiger partial charge in [-0.3, -0.25) is 0 Å². The number of nitrogens with one attached hydrogen (secondary N) is 1. The van der Waals surface area contributed by atoms with E-state index in [1.165, 1.54) is 7.11 Å². The second kappa shape index (κ2) is 9.09. The molecule has 3 nitrogen and oxygen atoms in total. The average molecular weight is 340 g/mol. The summed E-state index contributed by atoms with van der Waals surface area (Å²) in [5, 5.41) is 3.48. The minimum Gasteiger partial charge on any atom is -0.466 e. The largest absolute Gasteiger partial charge is 0.466 e. The molecule has 0 aromatic heterocycles. The summed E-state index contributed by atoms with van der Waals surface area (Å²) in [6, 6.07) is 9.82. The van der Waals surface area contributed by atoms with Gasteiger partial charge < -0.3 is 10.1 Å². The summed E-state index contributed by atoms with van der Waals surface area (Å²) >= 11 is 0. The molecule has 0 atom stereocenters. The molecule has 0 saturated heterocycles. The van der Waals surface area contributed by atoms with E-state index in [1.807, 2.05) is 36.4 Å². The molecule has 0 aliphatic heterocycles. The van der Waals surface area contributed by atoms with Crippen molar-refractivity contribution < 1.29 is 9.53 Å². The number of halogens is 1. The van der Waals surface area contributed by atoms with Crippen LogP contribution in [0.15, 0.2) is 35.9 Å². The van der Waals surface area contributed by atoms with Gasteiger partial charge in [0, 0.05) is 12.1 Å². The molecule has 23 heavy (non-hydrogen) atoms. The normalized spacial score (nSPS) is 12.5. The predicted octanol–water partition coefficient (Wildman–Crippen LogP) is 4.47. The van der Waals surface area contributed by atoms with Gasteiger partial charge in [-0.25, -0.2) is 4.79 Å². The molecule has 0 saturated carbocycles. The van der Waals surface area contributed by atoms with Gasteiger partial charge in [0.25, 0.3) is 0 Å². The van der Waals surface area contributed by atoms with Crippen LogP contribution >= 0.6 is 12.4 Å². The van der Waals surface area contributed by atoms with E-state index >= 15 is 0 Å². The van der Waals surface area contributed by atoms with E-state index in [0.717, 1.165) is 12.0 Å². The first-order valence-electron chi connectivity index (χ1n) is 7.72. The van der Waals surface area contributed by atoms with Crippen molar-refractivity contribution in [3.8, 4) is 0 Å². The Hall–Kier alpha value is -1.32. The summed E-state index contributed by atoms with van der Waals surface area (Å²) in [5.74, 6) is -0.289. The van der Waals surface area contributed by atoms with Crippen molar-refractivity contribution in [2.75, 3.05) is 13.7 Å². The third kappa shape index (κ3) is 8.77. The molecule has 0 unspecified atom stereocenters. The lowest BCUT2D eigenvalue weighted by atomic mass is 9.81. The Labute approximate surface area is 146 Å². The monoisotopic (exact) mass is 339 g/mol. The number of esters is 1. The highest BCUT2D eigenvalue weighted by molar-refractivity contribution is 5.94. The highest BCUT2D eigenvalue weighted by Crippen LogP contribution is 2.26. The van der Waals surface area contributed by atoms with E-state index in [0.29, 0.717) is 12.1 Å². The van der Waals surface area contributed by atoms with Crippen molar-refractivity contribution in [1.82, 2.24) is 5.32 Å². The molecule has 0 aliphatic rings. The lowest BCUT2D eigenvalue weighted by Crippen LogP contribution is -2.43. The fourth-order valence-electron chi connectivity index (χ4n) is 2.79. The molecule has 1 rings (SSSR count). The van der Waals surface area contributed by atoms with Crippen LogP contribution in [-0.2, 0) is 9.53 Å². The summed E-state index contributed by atoms with van der Waals surface area (Å²) in [5.41, 5.74) is 1.81. The molecule has 130 valence electrons. The van der Waals surface area contributed by atoms with Gasteiger partial charge in [0.2, 0.25) is 0 Å². The van der Waals surface area contributed by atoms with Crippen molar-refractivity contribution in [1.29, 1.82) is 0 Å². The Bertz CT molecular complexity index is 516. The zero-order valence-electron chi connectivity index (χ0n) is 15.1. The van der Waals surface area contributed by atoms with Crippen LogP contribution in [-0.4, -0.2) is 25.2 Å². The van der Waals surface area contributed by atoms with Crippen LogP contribution in [0.2, 0.25) is 0 Å². The topological polar surface area (TPSA) is 38.3 Å². The lowest BCUT2D eigenvalue weighted by molar-refractivity contribution is -0.136. The second-order valence-electron chi connectivity index (χ2n) is 7.55. The number of hydrogen-bond donors (Lipinski definition) is 1. The molecule has 4 heteroatoms. The molecule has 0 amide bonds. The summed E-state index contributed by atoms with van der Waals surface area (Å²) in [6.45, 7) is 11.5. The van der Waals surface area contributed by atoms with Crippen molar-refractivity contribution in [2.45, 2.75) is 46.6 Å². The van der Waals surface area contributed by atoms with Crippen molar-refractivity contribution in [2.24, 2.45) is 5.41 Å². The Morgan fingerprint density at radius 1 is 1.13 bits per heavy atom. The third-order valence-corrected chi connectivity index (χ3v) is 3.32. The Morgan fingerprint density at radius 2 is 1.70 bits per heavy atom. The highest BCUT2D eigenvalue weighted by Gasteiger charge is 2.25. The number of carbonyl (C=O) groups is 1. The maximum Gasteiger partial charge on any atom is 0.335 e. The summed E-state index contributed by atoms with van der Waals surface area (Å²) in [4.78, 5) is 12.0. The van der Waals surface area contributed by atoms with Gasteiger partial charge in [-0.05, 0) is 37.3 Å². The summed E-state index contributed by atoms with van der Waals surface area (Å²) < 4.78 is 4.90. The number of hydrogen-bond acceptors (Lipinski definition) is 3. The first kappa shape index (κ1) is 21.7. The fourth-order valence-corrected chi connectivity index (χ4v) is 2.79. The smallest absolute Gasteiger partial charge is 0.335 e. The number of benzene rings is 1. The van der Waals surface area contributed by atoms with Crippen molar-refractivity contribution in [3.05, 3.63) is 41.5 Å². The Morgan fingerprint density at radius 3 is 2.17 bits per heavy atom. The van der Waals surface area contributed by atoms with Crippen LogP contribution in [0, 0.1) is 5.41 Å². The van der Waals surface area contributed by atoms with Gasteiger partial charge >= 0.3 is 5.97 Å². The SMILES string of the molecule is COC(=O)/C(=C/c1ccccc1)CNC(C)(C)CC(C)(C)C.Cl. The van der Waals surface area contributed by atoms with E-state index in [-0.39, 0.29) is 29.3 Å². The lowest BCUT2D eigenvalue weighted by Gasteiger charge is -2.33. The quantitative estimate of drug-likeness (QED) is 0.614. The minimum atomic E-state index is -0.289. The maximum absolute atomic E-state index is 12.0. The van der Waals surface area contributed by atoms with E-state index < -0.39 is 0 Å². The zero-order chi connectivity index (χ0) is 16.8. The Balaban J connectivity index is 0.00000484. The van der Waals surface area contributed by atoms with Gasteiger partial charge in [-0.15, -0.1) is 12.4 Å². The minimum absolute atomic E-state index is 0. The fraction of sp³-hybridized carbons (Fsp3) is 0.526. The van der Waals surface area contributed by atoms with E-state index in [9.17, 15) is 4.79 Å². The first-order chi connectivity index (χ1) is 10.1. The molecule has 0 bridgehead atoms. The number of rotatable bonds is 6. The third-order valence-electron chi connectivity index (χ3n) is 3.32. The van der Waals surface area contributed by atoms with Crippen LogP contribution in [0.4, 0.5) is 0 Å². The van der Waals surface area contributed by atoms with Crippen LogP contribution in [0.25, 0.3) is 6.08 Å². The number of methoxy groups -OCH3 is 1. The highest BCUT2D eigenvalue weighted by atomic mass is 35.5. The second-order valence-corrected chi connectivity index (χ2v) is 7.55. The van der Waals surface area contributed by atoms with E-state index in [4.69, 9.17) is 4.74 Å². The van der Waals surface area contributed by atoms with Crippen molar-refractivity contribution in [3.63, 3.8) is 0 Å². The van der Waals surface area contributed by atoms with E-state index in [2.05, 4.69) is 39.9 Å². The van der Waals surface area contributed by atoms with Crippen LogP contribution in [0.3, 0.4) is 0 Å². The molecule has 1 aromatic carbocycles. The molecule has 1 N–H and O–H groups in total. The number of ether oxygens (including phenoxy) is 1. The molecular weight excluding hydrogens is 310 g/mol. The number of carbonyl (C=O) groups excluding carboxylic acids is 1. The van der Waals surface area contributed by atoms with Gasteiger partial charge in [0.15, 0.2) is 0 Å². The van der Waals surface area contributed by atoms with Gasteiger partial charge in [-0.2, -0.15) is 0 Å². The molecule has 0 radical (unpaired) electrons. The maximum atomic E-state index is 12.0. The van der Waals surface area contributed by atoms with Gasteiger partial charge in [-0.1, -0.05) is 51.1 Å². The first-order valence-corrected chi connectivity index (χ1v) is 7.72. The van der Waals surface area contributed by atoms with Crippen LogP contribution in [0.1, 0.15) is 46.6 Å². The van der Waals surface area contributed by atoms with E-state index in [1.54, 1.807) is 0 Å². The Kier molecular flexibility index (Phi) is 8.57. The van der Waals surface area contributed by atoms with Crippen LogP contribution < -0.4 is 5.32 Å².